The van der Waals surface area contributed by atoms with Gasteiger partial charge in [0.15, 0.2) is 0 Å². The summed E-state index contributed by atoms with van der Waals surface area (Å²) in [6.07, 6.45) is 4.03. The molecule has 0 atom stereocenters. The molecule has 0 amide bonds. The summed E-state index contributed by atoms with van der Waals surface area (Å²) < 4.78 is 0. The number of nitrogens with two attached hydrogens (primary N) is 1. The fourth-order valence-electron chi connectivity index (χ4n) is 1.56. The van der Waals surface area contributed by atoms with Gasteiger partial charge in [-0.05, 0) is 36.6 Å². The van der Waals surface area contributed by atoms with Crippen LogP contribution >= 0.6 is 0 Å². The van der Waals surface area contributed by atoms with Crippen molar-refractivity contribution in [3.8, 4) is 0 Å². The van der Waals surface area contributed by atoms with E-state index in [4.69, 9.17) is 10.5 Å². The molecule has 0 aliphatic rings. The summed E-state index contributed by atoms with van der Waals surface area (Å²) in [7, 11) is 1.90. The van der Waals surface area contributed by atoms with Crippen LogP contribution in [0.25, 0.3) is 0 Å². The number of aryl methyl sites for hydroxylation is 2. The summed E-state index contributed by atoms with van der Waals surface area (Å²) in [5.74, 6) is 0. The predicted octanol–water partition coefficient (Wildman–Crippen LogP) is 2.94. The molecule has 0 radical (unpaired) electrons. The fourth-order valence-corrected chi connectivity index (χ4v) is 1.56. The number of benzene rings is 1. The molecule has 0 saturated carbocycles. The molecule has 0 spiro atoms. The van der Waals surface area contributed by atoms with Gasteiger partial charge in [0.2, 0.25) is 0 Å². The zero-order valence-electron chi connectivity index (χ0n) is 10.9. The van der Waals surface area contributed by atoms with E-state index in [1.807, 2.05) is 7.05 Å². The van der Waals surface area contributed by atoms with Gasteiger partial charge in [-0.25, -0.2) is 0 Å². The van der Waals surface area contributed by atoms with Crippen molar-refractivity contribution in [1.82, 2.24) is 0 Å². The Hall–Kier alpha value is -1.77. The Kier molecular flexibility index (Phi) is 7.52. The van der Waals surface area contributed by atoms with Crippen LogP contribution in [0.15, 0.2) is 24.8 Å². The molecule has 0 saturated heterocycles. The molecule has 0 aromatic heterocycles. The standard InChI is InChI=1S/C11H18N2.C3H4O/c1-4-5-9-6-8(2)7-10(13-3)11(9)12;1-2-3-4/h6-7,13H,4-5,12H2,1-3H3;2-3H,1H2. The highest BCUT2D eigenvalue weighted by Crippen LogP contribution is 2.25. The molecular formula is C14H22N2O. The highest BCUT2D eigenvalue weighted by molar-refractivity contribution is 5.70. The molecule has 0 aliphatic heterocycles. The summed E-state index contributed by atoms with van der Waals surface area (Å²) in [6.45, 7) is 7.38. The second-order valence-electron chi connectivity index (χ2n) is 3.76. The molecule has 1 aromatic rings. The molecule has 3 nitrogen and oxygen atoms in total. The largest absolute Gasteiger partial charge is 0.397 e. The zero-order chi connectivity index (χ0) is 13.3. The van der Waals surface area contributed by atoms with Gasteiger partial charge >= 0.3 is 0 Å². The first-order valence-electron chi connectivity index (χ1n) is 5.73. The monoisotopic (exact) mass is 234 g/mol. The third-order valence-corrected chi connectivity index (χ3v) is 2.29. The highest BCUT2D eigenvalue weighted by Gasteiger charge is 2.03. The average Bonchev–Trinajstić information content (AvgIpc) is 2.34. The predicted molar refractivity (Wildman–Crippen MR) is 75.4 cm³/mol. The quantitative estimate of drug-likeness (QED) is 0.478. The normalized spacial score (nSPS) is 8.88. The van der Waals surface area contributed by atoms with Gasteiger partial charge in [0.05, 0.1) is 11.4 Å². The van der Waals surface area contributed by atoms with Crippen LogP contribution in [0.2, 0.25) is 0 Å². The van der Waals surface area contributed by atoms with Gasteiger partial charge < -0.3 is 11.1 Å². The molecular weight excluding hydrogens is 212 g/mol. The number of carbonyl (C=O) groups is 1. The SMILES string of the molecule is C=CC=O.CCCc1cc(C)cc(NC)c1N. The van der Waals surface area contributed by atoms with Crippen molar-refractivity contribution < 1.29 is 4.79 Å². The third-order valence-electron chi connectivity index (χ3n) is 2.29. The number of carbonyl (C=O) groups excluding carboxylic acids is 1. The Bertz CT molecular complexity index is 367. The third kappa shape index (κ3) is 5.20. The second-order valence-corrected chi connectivity index (χ2v) is 3.76. The molecule has 1 rings (SSSR count). The summed E-state index contributed by atoms with van der Waals surface area (Å²) in [4.78, 5) is 9.06. The Balaban J connectivity index is 0.000000557. The minimum Gasteiger partial charge on any atom is -0.397 e. The maximum Gasteiger partial charge on any atom is 0.142 e. The topological polar surface area (TPSA) is 55.1 Å². The van der Waals surface area contributed by atoms with Crippen molar-refractivity contribution >= 4 is 17.7 Å². The number of nitrogens with one attached hydrogen (secondary N) is 1. The molecule has 0 unspecified atom stereocenters. The lowest BCUT2D eigenvalue weighted by Crippen LogP contribution is -2.01. The van der Waals surface area contributed by atoms with Gasteiger partial charge in [0.1, 0.15) is 6.29 Å². The second kappa shape index (κ2) is 8.39. The molecule has 17 heavy (non-hydrogen) atoms. The molecule has 0 fully saturated rings. The van der Waals surface area contributed by atoms with E-state index in [2.05, 4.69) is 37.9 Å². The summed E-state index contributed by atoms with van der Waals surface area (Å²) in [6, 6.07) is 4.24. The van der Waals surface area contributed by atoms with E-state index >= 15 is 0 Å². The number of anilines is 2. The molecule has 0 aliphatic carbocycles. The van der Waals surface area contributed by atoms with E-state index in [0.717, 1.165) is 24.2 Å². The number of allylic oxidation sites excluding steroid dienone is 1. The Morgan fingerprint density at radius 2 is 2.06 bits per heavy atom. The summed E-state index contributed by atoms with van der Waals surface area (Å²) in [5.41, 5.74) is 10.5. The number of aldehydes is 1. The van der Waals surface area contributed by atoms with Crippen LogP contribution < -0.4 is 11.1 Å². The van der Waals surface area contributed by atoms with Crippen molar-refractivity contribution in [3.63, 3.8) is 0 Å². The molecule has 1 aromatic carbocycles. The average molecular weight is 234 g/mol. The zero-order valence-corrected chi connectivity index (χ0v) is 10.9. The minimum absolute atomic E-state index is 0.639. The molecule has 0 bridgehead atoms. The van der Waals surface area contributed by atoms with Crippen LogP contribution in [0.5, 0.6) is 0 Å². The van der Waals surface area contributed by atoms with Crippen LogP contribution in [-0.2, 0) is 11.2 Å². The number of hydrogen-bond donors (Lipinski definition) is 2. The molecule has 3 N–H and O–H groups in total. The molecule has 94 valence electrons. The van der Waals surface area contributed by atoms with Crippen LogP contribution in [0, 0.1) is 6.92 Å². The molecule has 3 heteroatoms. The van der Waals surface area contributed by atoms with Crippen molar-refractivity contribution in [3.05, 3.63) is 35.9 Å². The van der Waals surface area contributed by atoms with E-state index in [1.165, 1.54) is 17.2 Å². The van der Waals surface area contributed by atoms with E-state index in [-0.39, 0.29) is 0 Å². The van der Waals surface area contributed by atoms with Crippen molar-refractivity contribution in [2.24, 2.45) is 0 Å². The van der Waals surface area contributed by atoms with Crippen LogP contribution in [-0.4, -0.2) is 13.3 Å². The lowest BCUT2D eigenvalue weighted by Gasteiger charge is -2.11. The van der Waals surface area contributed by atoms with Gasteiger partial charge in [-0.15, -0.1) is 0 Å². The first-order valence-corrected chi connectivity index (χ1v) is 5.73. The van der Waals surface area contributed by atoms with Gasteiger partial charge in [-0.1, -0.05) is 26.0 Å². The van der Waals surface area contributed by atoms with Gasteiger partial charge in [-0.2, -0.15) is 0 Å². The smallest absolute Gasteiger partial charge is 0.142 e. The Labute approximate surface area is 104 Å². The fraction of sp³-hybridized carbons (Fsp3) is 0.357. The maximum atomic E-state index is 9.06. The van der Waals surface area contributed by atoms with Gasteiger partial charge in [-0.3, -0.25) is 4.79 Å². The van der Waals surface area contributed by atoms with E-state index in [1.54, 1.807) is 0 Å². The number of nitrogen functional groups attached to an aromatic ring is 1. The summed E-state index contributed by atoms with van der Waals surface area (Å²) >= 11 is 0. The molecule has 0 heterocycles. The van der Waals surface area contributed by atoms with Gasteiger partial charge in [0, 0.05) is 7.05 Å². The number of rotatable bonds is 4. The van der Waals surface area contributed by atoms with Crippen molar-refractivity contribution in [2.75, 3.05) is 18.1 Å². The lowest BCUT2D eigenvalue weighted by atomic mass is 10.0. The Morgan fingerprint density at radius 3 is 2.47 bits per heavy atom. The van der Waals surface area contributed by atoms with E-state index < -0.39 is 0 Å². The highest BCUT2D eigenvalue weighted by atomic mass is 16.1. The maximum absolute atomic E-state index is 9.06. The number of hydrogen-bond acceptors (Lipinski definition) is 3. The van der Waals surface area contributed by atoms with Crippen molar-refractivity contribution in [2.45, 2.75) is 26.7 Å². The minimum atomic E-state index is 0.639. The van der Waals surface area contributed by atoms with Crippen LogP contribution in [0.4, 0.5) is 11.4 Å². The van der Waals surface area contributed by atoms with E-state index in [0.29, 0.717) is 6.29 Å². The van der Waals surface area contributed by atoms with Crippen molar-refractivity contribution in [1.29, 1.82) is 0 Å². The van der Waals surface area contributed by atoms with E-state index in [9.17, 15) is 0 Å². The lowest BCUT2D eigenvalue weighted by molar-refractivity contribution is -0.104. The summed E-state index contributed by atoms with van der Waals surface area (Å²) in [5, 5.41) is 3.11. The van der Waals surface area contributed by atoms with Crippen LogP contribution in [0.3, 0.4) is 0 Å². The Morgan fingerprint density at radius 1 is 1.47 bits per heavy atom. The first-order chi connectivity index (χ1) is 8.10. The van der Waals surface area contributed by atoms with Crippen LogP contribution in [0.1, 0.15) is 24.5 Å². The van der Waals surface area contributed by atoms with Gasteiger partial charge in [0.25, 0.3) is 0 Å². The first kappa shape index (κ1) is 15.2.